The highest BCUT2D eigenvalue weighted by Gasteiger charge is 2.13. The van der Waals surface area contributed by atoms with E-state index >= 15 is 0 Å². The van der Waals surface area contributed by atoms with Crippen molar-refractivity contribution in [3.8, 4) is 0 Å². The summed E-state index contributed by atoms with van der Waals surface area (Å²) in [6, 6.07) is 7.38. The van der Waals surface area contributed by atoms with Crippen molar-refractivity contribution in [2.45, 2.75) is 51.0 Å². The Morgan fingerprint density at radius 1 is 1.19 bits per heavy atom. The van der Waals surface area contributed by atoms with E-state index in [9.17, 15) is 4.79 Å². The number of carbonyl (C=O) groups is 1. The summed E-state index contributed by atoms with van der Waals surface area (Å²) in [4.78, 5) is 11.8. The molecule has 0 saturated heterocycles. The van der Waals surface area contributed by atoms with Crippen LogP contribution in [0.4, 0.5) is 0 Å². The Kier molecular flexibility index (Phi) is 7.04. The number of nitrogens with one attached hydrogen (secondary N) is 1. The third kappa shape index (κ3) is 6.49. The number of amides is 1. The first kappa shape index (κ1) is 16.3. The van der Waals surface area contributed by atoms with Crippen LogP contribution < -0.4 is 5.32 Å². The molecular weight excluding hydrogens is 286 g/mol. The lowest BCUT2D eigenvalue weighted by Gasteiger charge is -2.21. The summed E-state index contributed by atoms with van der Waals surface area (Å²) in [5.74, 6) is 0.0509. The van der Waals surface area contributed by atoms with Gasteiger partial charge in [0.15, 0.2) is 0 Å². The molecule has 3 nitrogen and oxygen atoms in total. The van der Waals surface area contributed by atoms with Gasteiger partial charge in [0, 0.05) is 18.2 Å². The van der Waals surface area contributed by atoms with Gasteiger partial charge in [-0.15, -0.1) is 0 Å². The zero-order valence-electron chi connectivity index (χ0n) is 12.4. The zero-order chi connectivity index (χ0) is 14.9. The van der Waals surface area contributed by atoms with Crippen LogP contribution in [0.5, 0.6) is 0 Å². The quantitative estimate of drug-likeness (QED) is 0.779. The van der Waals surface area contributed by atoms with Crippen LogP contribution in [0.25, 0.3) is 0 Å². The van der Waals surface area contributed by atoms with E-state index in [0.29, 0.717) is 24.1 Å². The molecule has 1 aromatic carbocycles. The summed E-state index contributed by atoms with van der Waals surface area (Å²) in [5.41, 5.74) is 0.982. The molecule has 1 aromatic rings. The van der Waals surface area contributed by atoms with Crippen molar-refractivity contribution in [3.63, 3.8) is 0 Å². The van der Waals surface area contributed by atoms with Gasteiger partial charge < -0.3 is 10.1 Å². The van der Waals surface area contributed by atoms with E-state index in [1.165, 1.54) is 32.1 Å². The molecule has 1 amide bonds. The molecule has 0 unspecified atom stereocenters. The van der Waals surface area contributed by atoms with Crippen molar-refractivity contribution in [2.75, 3.05) is 13.2 Å². The molecule has 1 aliphatic carbocycles. The van der Waals surface area contributed by atoms with Gasteiger partial charge in [-0.05, 0) is 37.0 Å². The summed E-state index contributed by atoms with van der Waals surface area (Å²) < 4.78 is 5.83. The molecule has 0 radical (unpaired) electrons. The van der Waals surface area contributed by atoms with Crippen LogP contribution in [0.15, 0.2) is 24.3 Å². The number of halogens is 1. The maximum atomic E-state index is 11.8. The predicted octanol–water partition coefficient (Wildman–Crippen LogP) is 3.74. The van der Waals surface area contributed by atoms with Gasteiger partial charge >= 0.3 is 0 Å². The first-order valence-electron chi connectivity index (χ1n) is 7.87. The fraction of sp³-hybridized carbons (Fsp3) is 0.588. The van der Waals surface area contributed by atoms with Gasteiger partial charge in [0.1, 0.15) is 0 Å². The SMILES string of the molecule is O=C(Cc1ccc(Cl)cc1)NCCCOC1CCCCC1. The number of carbonyl (C=O) groups excluding carboxylic acids is 1. The smallest absolute Gasteiger partial charge is 0.224 e. The summed E-state index contributed by atoms with van der Waals surface area (Å²) in [5, 5.41) is 3.63. The highest BCUT2D eigenvalue weighted by molar-refractivity contribution is 6.30. The molecule has 1 saturated carbocycles. The minimum Gasteiger partial charge on any atom is -0.378 e. The molecule has 1 aliphatic rings. The van der Waals surface area contributed by atoms with E-state index in [1.807, 2.05) is 24.3 Å². The molecule has 1 N–H and O–H groups in total. The standard InChI is InChI=1S/C17H24ClNO2/c18-15-9-7-14(8-10-15)13-17(20)19-11-4-12-21-16-5-2-1-3-6-16/h7-10,16H,1-6,11-13H2,(H,19,20). The van der Waals surface area contributed by atoms with Gasteiger partial charge in [0.25, 0.3) is 0 Å². The molecule has 116 valence electrons. The van der Waals surface area contributed by atoms with Gasteiger partial charge in [-0.25, -0.2) is 0 Å². The van der Waals surface area contributed by atoms with Crippen molar-refractivity contribution >= 4 is 17.5 Å². The fourth-order valence-electron chi connectivity index (χ4n) is 2.63. The third-order valence-electron chi connectivity index (χ3n) is 3.83. The lowest BCUT2D eigenvalue weighted by Crippen LogP contribution is -2.27. The Bertz CT molecular complexity index is 427. The van der Waals surface area contributed by atoms with E-state index in [0.717, 1.165) is 18.6 Å². The monoisotopic (exact) mass is 309 g/mol. The summed E-state index contributed by atoms with van der Waals surface area (Å²) >= 11 is 5.82. The molecule has 0 heterocycles. The maximum absolute atomic E-state index is 11.8. The van der Waals surface area contributed by atoms with Crippen LogP contribution in [0.1, 0.15) is 44.1 Å². The van der Waals surface area contributed by atoms with Crippen molar-refractivity contribution in [1.29, 1.82) is 0 Å². The van der Waals surface area contributed by atoms with Crippen LogP contribution in [-0.2, 0) is 16.0 Å². The topological polar surface area (TPSA) is 38.3 Å². The lowest BCUT2D eigenvalue weighted by atomic mass is 9.98. The fourth-order valence-corrected chi connectivity index (χ4v) is 2.76. The van der Waals surface area contributed by atoms with E-state index in [4.69, 9.17) is 16.3 Å². The molecule has 0 bridgehead atoms. The second-order valence-corrected chi connectivity index (χ2v) is 6.07. The van der Waals surface area contributed by atoms with E-state index < -0.39 is 0 Å². The summed E-state index contributed by atoms with van der Waals surface area (Å²) in [6.07, 6.45) is 8.06. The Labute approximate surface area is 132 Å². The van der Waals surface area contributed by atoms with Crippen LogP contribution in [0.3, 0.4) is 0 Å². The van der Waals surface area contributed by atoms with Gasteiger partial charge in [0.2, 0.25) is 5.91 Å². The molecule has 0 aliphatic heterocycles. The van der Waals surface area contributed by atoms with Crippen molar-refractivity contribution in [1.82, 2.24) is 5.32 Å². The predicted molar refractivity (Wildman–Crippen MR) is 85.6 cm³/mol. The Morgan fingerprint density at radius 3 is 2.62 bits per heavy atom. The highest BCUT2D eigenvalue weighted by atomic mass is 35.5. The van der Waals surface area contributed by atoms with E-state index in [-0.39, 0.29) is 5.91 Å². The molecule has 0 spiro atoms. The number of hydrogen-bond donors (Lipinski definition) is 1. The first-order valence-corrected chi connectivity index (χ1v) is 8.24. The Hall–Kier alpha value is -1.06. The normalized spacial score (nSPS) is 15.9. The number of hydrogen-bond acceptors (Lipinski definition) is 2. The summed E-state index contributed by atoms with van der Waals surface area (Å²) in [6.45, 7) is 1.42. The van der Waals surface area contributed by atoms with E-state index in [2.05, 4.69) is 5.32 Å². The minimum absolute atomic E-state index is 0.0509. The average molecular weight is 310 g/mol. The first-order chi connectivity index (χ1) is 10.2. The molecule has 21 heavy (non-hydrogen) atoms. The summed E-state index contributed by atoms with van der Waals surface area (Å²) in [7, 11) is 0. The zero-order valence-corrected chi connectivity index (χ0v) is 13.2. The molecule has 2 rings (SSSR count). The van der Waals surface area contributed by atoms with Crippen molar-refractivity contribution in [2.24, 2.45) is 0 Å². The largest absolute Gasteiger partial charge is 0.378 e. The van der Waals surface area contributed by atoms with Crippen LogP contribution in [-0.4, -0.2) is 25.2 Å². The van der Waals surface area contributed by atoms with Crippen LogP contribution in [0.2, 0.25) is 5.02 Å². The van der Waals surface area contributed by atoms with Gasteiger partial charge in [-0.2, -0.15) is 0 Å². The van der Waals surface area contributed by atoms with Crippen molar-refractivity contribution in [3.05, 3.63) is 34.9 Å². The highest BCUT2D eigenvalue weighted by Crippen LogP contribution is 2.20. The third-order valence-corrected chi connectivity index (χ3v) is 4.08. The Balaban J connectivity index is 1.53. The Morgan fingerprint density at radius 2 is 1.90 bits per heavy atom. The number of benzene rings is 1. The molecule has 1 fully saturated rings. The van der Waals surface area contributed by atoms with Crippen LogP contribution in [0, 0.1) is 0 Å². The molecule has 0 aromatic heterocycles. The van der Waals surface area contributed by atoms with Crippen LogP contribution >= 0.6 is 11.6 Å². The minimum atomic E-state index is 0.0509. The molecular formula is C17H24ClNO2. The van der Waals surface area contributed by atoms with Gasteiger partial charge in [0.05, 0.1) is 12.5 Å². The molecule has 4 heteroatoms. The van der Waals surface area contributed by atoms with E-state index in [1.54, 1.807) is 0 Å². The second-order valence-electron chi connectivity index (χ2n) is 5.64. The number of ether oxygens (including phenoxy) is 1. The maximum Gasteiger partial charge on any atom is 0.224 e. The van der Waals surface area contributed by atoms with Crippen molar-refractivity contribution < 1.29 is 9.53 Å². The van der Waals surface area contributed by atoms with Gasteiger partial charge in [-0.3, -0.25) is 4.79 Å². The van der Waals surface area contributed by atoms with Gasteiger partial charge in [-0.1, -0.05) is 43.0 Å². The lowest BCUT2D eigenvalue weighted by molar-refractivity contribution is -0.120. The second kappa shape index (κ2) is 9.06. The number of rotatable bonds is 7. The molecule has 0 atom stereocenters. The average Bonchev–Trinajstić information content (AvgIpc) is 2.50.